The Morgan fingerprint density at radius 1 is 0.554 bits per heavy atom. The molecule has 0 radical (unpaired) electrons. The van der Waals surface area contributed by atoms with E-state index in [1.165, 1.54) is 19.0 Å². The average molecular weight is 1440 g/mol. The first-order valence-electron chi connectivity index (χ1n) is 33.2. The Morgan fingerprint density at radius 3 is 1.39 bits per heavy atom. The topological polar surface area (TPSA) is 325 Å². The van der Waals surface area contributed by atoms with Crippen LogP contribution in [0.3, 0.4) is 0 Å². The lowest BCUT2D eigenvalue weighted by molar-refractivity contribution is -0.0457. The number of imidazole rings is 2. The number of aromatic nitrogens is 8. The molecule has 6 heterocycles. The fourth-order valence-corrected chi connectivity index (χ4v) is 16.6. The number of carbonyl (C=O) groups is 2. The first kappa shape index (κ1) is 73.8. The molecule has 2 amide bonds. The van der Waals surface area contributed by atoms with E-state index in [0.717, 1.165) is 16.7 Å². The number of rotatable bonds is 29. The van der Waals surface area contributed by atoms with Gasteiger partial charge in [0.25, 0.3) is 11.8 Å². The zero-order valence-electron chi connectivity index (χ0n) is 57.9. The molecule has 0 aliphatic carbocycles. The molecule has 0 bridgehead atoms. The van der Waals surface area contributed by atoms with Gasteiger partial charge in [-0.05, 0) is 77.2 Å². The van der Waals surface area contributed by atoms with Gasteiger partial charge in [-0.3, -0.25) is 37.7 Å². The van der Waals surface area contributed by atoms with E-state index in [9.17, 15) is 24.7 Å². The number of benzene rings is 5. The van der Waals surface area contributed by atoms with Crippen LogP contribution in [0.5, 0.6) is 0 Å². The molecule has 0 spiro atoms. The predicted molar refractivity (Wildman–Crippen MR) is 385 cm³/mol. The smallest absolute Gasteiger partial charge is 0.406 e. The van der Waals surface area contributed by atoms with Crippen molar-refractivity contribution in [3.05, 3.63) is 205 Å². The van der Waals surface area contributed by atoms with Crippen molar-refractivity contribution in [3.63, 3.8) is 0 Å². The summed E-state index contributed by atoms with van der Waals surface area (Å²) in [7, 11) is -14.0. The fraction of sp³-hybridized carbons (Fsp3) is 0.380. The van der Waals surface area contributed by atoms with Crippen LogP contribution in [-0.2, 0) is 51.1 Å². The van der Waals surface area contributed by atoms with Gasteiger partial charge in [-0.2, -0.15) is 10.5 Å². The lowest BCUT2D eigenvalue weighted by Gasteiger charge is -2.44. The third-order valence-electron chi connectivity index (χ3n) is 19.0. The molecule has 5 aromatic carbocycles. The maximum Gasteiger partial charge on any atom is 0.406 e. The van der Waals surface area contributed by atoms with Gasteiger partial charge in [-0.1, -0.05) is 169 Å². The number of anilines is 2. The van der Waals surface area contributed by atoms with Crippen molar-refractivity contribution in [3.8, 4) is 12.1 Å². The maximum absolute atomic E-state index is 16.7. The maximum atomic E-state index is 16.7. The molecule has 26 nitrogen and oxygen atoms in total. The monoisotopic (exact) mass is 1440 g/mol. The van der Waals surface area contributed by atoms with Gasteiger partial charge in [0.2, 0.25) is 0 Å². The number of hydrogen-bond acceptors (Lipinski definition) is 21. The van der Waals surface area contributed by atoms with Crippen LogP contribution in [-0.4, -0.2) is 130 Å². The lowest BCUT2D eigenvalue weighted by Crippen LogP contribution is -2.59. The first-order chi connectivity index (χ1) is 48.3. The second kappa shape index (κ2) is 31.5. The van der Waals surface area contributed by atoms with E-state index in [0.29, 0.717) is 16.8 Å². The number of amides is 2. The highest BCUT2D eigenvalue weighted by Gasteiger charge is 2.57. The quantitative estimate of drug-likeness (QED) is 0.0146. The minimum atomic E-state index is -4.87. The van der Waals surface area contributed by atoms with Crippen LogP contribution in [0.2, 0.25) is 36.3 Å². The first-order valence-corrected chi connectivity index (χ1v) is 41.8. The van der Waals surface area contributed by atoms with Gasteiger partial charge in [-0.15, -0.1) is 0 Å². The molecule has 2 aliphatic heterocycles. The summed E-state index contributed by atoms with van der Waals surface area (Å²) >= 11 is 0. The Labute approximate surface area is 589 Å². The molecule has 11 rings (SSSR count). The van der Waals surface area contributed by atoms with Crippen molar-refractivity contribution in [2.45, 2.75) is 145 Å². The highest BCUT2D eigenvalue weighted by molar-refractivity contribution is 7.51. The summed E-state index contributed by atoms with van der Waals surface area (Å²) in [6, 6.07) is 49.3. The Hall–Kier alpha value is -8.39. The number of ether oxygens (including phenoxy) is 2. The summed E-state index contributed by atoms with van der Waals surface area (Å²) in [5.41, 5.74) is 3.16. The Morgan fingerprint density at radius 2 is 0.960 bits per heavy atom. The molecule has 10 atom stereocenters. The second-order valence-electron chi connectivity index (χ2n) is 27.6. The summed E-state index contributed by atoms with van der Waals surface area (Å²) in [4.78, 5) is 55.3. The molecule has 101 heavy (non-hydrogen) atoms. The van der Waals surface area contributed by atoms with E-state index in [-0.39, 0.29) is 59.4 Å². The normalized spacial score (nSPS) is 20.6. The molecule has 4 N–H and O–H groups in total. The molecule has 2 unspecified atom stereocenters. The summed E-state index contributed by atoms with van der Waals surface area (Å²) in [6.07, 6.45) is -1.34. The van der Waals surface area contributed by atoms with Gasteiger partial charge in [0.05, 0.1) is 81.7 Å². The number of fused-ring (bicyclic) bond motifs is 2. The molecule has 2 saturated heterocycles. The second-order valence-corrected chi connectivity index (χ2v) is 39.9. The zero-order chi connectivity index (χ0) is 71.7. The predicted octanol–water partition coefficient (Wildman–Crippen LogP) is 13.0. The Bertz CT molecular complexity index is 4390. The summed E-state index contributed by atoms with van der Waals surface area (Å²) in [6.45, 7) is 19.5. The molecule has 9 aromatic rings. The minimum absolute atomic E-state index is 0.0575. The van der Waals surface area contributed by atoms with E-state index in [2.05, 4.69) is 133 Å². The largest absolute Gasteiger partial charge is 0.408 e. The van der Waals surface area contributed by atoms with Crippen LogP contribution in [0.15, 0.2) is 177 Å². The van der Waals surface area contributed by atoms with E-state index in [1.807, 2.05) is 79.8 Å². The standard InChI is InChI=1S/C71H84N14O12P2Si2/c1-69(2,3)100(7,8)96-59-55(82-71(50-32-20-13-21-33-50,51-34-22-14-23-35-51)52-36-24-15-25-37-52)54(95-67(59)84-46-78-57-61(74-44-76-63(57)84)80-65(86)48-28-16-11-17-29-48)43-93-99(89,92-41-27-39-73)83-56-53(42-91-98(88)90-40-26-38-72)94-68(60(56)97-101(9,10)70(4,5)6)85-47-79-58-62(75-45-77-64(58)85)81-66(87)49-30-18-12-19-31-49/h11-25,28-37,44-47,53-56,59-60,67-68,82,98H,26-27,40-43H2,1-10H3,(H,83,89)(H,74,76,80,86)(H,75,77,81,87)/t53-,54-,55-,56-,59-,60-,67-,68-,99?/m1/s1. The number of hydrogen-bond donors (Lipinski definition) is 4. The number of nitrogens with one attached hydrogen (secondary N) is 4. The number of carbonyl (C=O) groups excluding carboxylic acids is 2. The summed E-state index contributed by atoms with van der Waals surface area (Å²) in [5.74, 6) is -0.595. The van der Waals surface area contributed by atoms with Crippen LogP contribution < -0.4 is 21.0 Å². The molecule has 2 aliphatic rings. The molecule has 30 heteroatoms. The van der Waals surface area contributed by atoms with Crippen molar-refractivity contribution < 1.29 is 55.1 Å². The van der Waals surface area contributed by atoms with Crippen molar-refractivity contribution >= 4 is 78.4 Å². The van der Waals surface area contributed by atoms with E-state index < -0.39 is 117 Å². The van der Waals surface area contributed by atoms with Crippen LogP contribution in [0.25, 0.3) is 22.3 Å². The highest BCUT2D eigenvalue weighted by Crippen LogP contribution is 2.52. The van der Waals surface area contributed by atoms with Crippen LogP contribution >= 0.6 is 16.0 Å². The molecular formula is C71H84N14O12P2Si2. The van der Waals surface area contributed by atoms with E-state index >= 15 is 4.57 Å². The molecule has 0 saturated carbocycles. The third-order valence-corrected chi connectivity index (χ3v) is 30.4. The van der Waals surface area contributed by atoms with Crippen molar-refractivity contribution in [1.29, 1.82) is 10.5 Å². The van der Waals surface area contributed by atoms with Crippen molar-refractivity contribution in [2.75, 3.05) is 37.1 Å². The van der Waals surface area contributed by atoms with Crippen molar-refractivity contribution in [1.82, 2.24) is 49.4 Å². The van der Waals surface area contributed by atoms with Gasteiger partial charge in [-0.25, -0.2) is 39.6 Å². The zero-order valence-corrected chi connectivity index (χ0v) is 61.8. The molecule has 4 aromatic heterocycles. The summed E-state index contributed by atoms with van der Waals surface area (Å²) < 4.78 is 88.1. The third kappa shape index (κ3) is 16.4. The molecular weight excluding hydrogens is 1360 g/mol. The van der Waals surface area contributed by atoms with Gasteiger partial charge in [0.15, 0.2) is 63.1 Å². The summed E-state index contributed by atoms with van der Waals surface area (Å²) in [5, 5.41) is 31.8. The Kier molecular flexibility index (Phi) is 23.0. The Balaban J connectivity index is 1.05. The fourth-order valence-electron chi connectivity index (χ4n) is 11.7. The van der Waals surface area contributed by atoms with Gasteiger partial charge >= 0.3 is 16.0 Å². The van der Waals surface area contributed by atoms with Gasteiger partial charge in [0, 0.05) is 11.1 Å². The van der Waals surface area contributed by atoms with Crippen molar-refractivity contribution in [2.24, 2.45) is 0 Å². The van der Waals surface area contributed by atoms with E-state index in [1.54, 1.807) is 70.1 Å². The minimum Gasteiger partial charge on any atom is -0.408 e. The van der Waals surface area contributed by atoms with Crippen LogP contribution in [0.1, 0.15) is 104 Å². The number of nitrogens with zero attached hydrogens (tertiary/aromatic N) is 10. The highest BCUT2D eigenvalue weighted by atomic mass is 31.2. The van der Waals surface area contributed by atoms with Crippen LogP contribution in [0.4, 0.5) is 11.6 Å². The average Bonchev–Trinajstić information content (AvgIpc) is 1.72. The van der Waals surface area contributed by atoms with E-state index in [4.69, 9.17) is 51.4 Å². The SMILES string of the molecule is CC(C)(C)[Si](C)(C)O[C@@H]1[C@H](NC(c2ccccc2)(c2ccccc2)c2ccccc2)[C@@H](COP(=O)(N[C@H]2[C@@H](O[Si](C)(C)C(C)(C)C)[C@H](n3cnc4c(NC(=O)c5ccccc5)ncnc43)O[C@@H]2CO[PH](=O)OCCC#N)OCCC#N)O[C@H]1n1cnc2c(NC(=O)c3ccccc3)ncnc21. The van der Waals surface area contributed by atoms with Gasteiger partial charge < -0.3 is 38.0 Å². The number of nitriles is 2. The van der Waals surface area contributed by atoms with Crippen LogP contribution in [0, 0.1) is 22.7 Å². The molecule has 2 fully saturated rings. The van der Waals surface area contributed by atoms with Gasteiger partial charge in [0.1, 0.15) is 37.1 Å². The lowest BCUT2D eigenvalue weighted by atomic mass is 9.76. The molecule has 528 valence electrons.